The van der Waals surface area contributed by atoms with Gasteiger partial charge in [-0.3, -0.25) is 4.57 Å². The molecule has 37 heavy (non-hydrogen) atoms. The van der Waals surface area contributed by atoms with Gasteiger partial charge < -0.3 is 19.4 Å². The van der Waals surface area contributed by atoms with Crippen molar-refractivity contribution in [1.29, 1.82) is 0 Å². The van der Waals surface area contributed by atoms with Crippen LogP contribution in [-0.2, 0) is 9.47 Å². The predicted octanol–water partition coefficient (Wildman–Crippen LogP) is 3.42. The summed E-state index contributed by atoms with van der Waals surface area (Å²) in [7, 11) is 0. The van der Waals surface area contributed by atoms with Crippen LogP contribution in [0.1, 0.15) is 37.4 Å². The standard InChI is InChI=1S/C20H25N5O3.C5H4N4/c1-4-24(5-2)18-17-19(22-13-21-18)25(14-23-17)15(3)27-11-12-28-20(26)16-9-7-6-8-10-16;1-4-5(8-2-6-1)9-3-7-4/h6-10,13-15H,4-5,11-12H2,1-3H3;1-3H,(H,6,7,8,9). The van der Waals surface area contributed by atoms with E-state index in [0.29, 0.717) is 16.9 Å². The minimum absolute atomic E-state index is 0.171. The first-order valence-corrected chi connectivity index (χ1v) is 12.0. The number of benzene rings is 1. The van der Waals surface area contributed by atoms with E-state index < -0.39 is 0 Å². The molecule has 0 fully saturated rings. The molecule has 0 spiro atoms. The van der Waals surface area contributed by atoms with Gasteiger partial charge in [0.15, 0.2) is 22.6 Å². The van der Waals surface area contributed by atoms with Gasteiger partial charge in [0.25, 0.3) is 0 Å². The maximum absolute atomic E-state index is 11.9. The van der Waals surface area contributed by atoms with E-state index in [0.717, 1.165) is 29.9 Å². The molecule has 12 heteroatoms. The number of nitrogens with zero attached hydrogens (tertiary/aromatic N) is 8. The van der Waals surface area contributed by atoms with Crippen LogP contribution >= 0.6 is 0 Å². The smallest absolute Gasteiger partial charge is 0.338 e. The van der Waals surface area contributed by atoms with Crippen LogP contribution in [0.2, 0.25) is 0 Å². The summed E-state index contributed by atoms with van der Waals surface area (Å²) >= 11 is 0. The molecule has 0 aliphatic heterocycles. The highest BCUT2D eigenvalue weighted by molar-refractivity contribution is 5.89. The number of nitrogens with one attached hydrogen (secondary N) is 1. The molecule has 1 N–H and O–H groups in total. The van der Waals surface area contributed by atoms with E-state index in [2.05, 4.69) is 53.6 Å². The Hall–Kier alpha value is -4.45. The van der Waals surface area contributed by atoms with E-state index in [1.54, 1.807) is 49.4 Å². The van der Waals surface area contributed by atoms with Gasteiger partial charge in [-0.15, -0.1) is 0 Å². The Bertz CT molecular complexity index is 1390. The van der Waals surface area contributed by atoms with Gasteiger partial charge in [-0.2, -0.15) is 0 Å². The third-order valence-corrected chi connectivity index (χ3v) is 5.58. The van der Waals surface area contributed by atoms with Crippen molar-refractivity contribution in [3.05, 3.63) is 67.4 Å². The number of rotatable bonds is 9. The van der Waals surface area contributed by atoms with Crippen molar-refractivity contribution in [2.24, 2.45) is 0 Å². The molecule has 1 unspecified atom stereocenters. The molecule has 192 valence electrons. The van der Waals surface area contributed by atoms with Crippen molar-refractivity contribution in [2.75, 3.05) is 31.2 Å². The van der Waals surface area contributed by atoms with Gasteiger partial charge in [0.1, 0.15) is 31.0 Å². The molecule has 0 aliphatic carbocycles. The van der Waals surface area contributed by atoms with Crippen LogP contribution in [-0.4, -0.2) is 71.7 Å². The summed E-state index contributed by atoms with van der Waals surface area (Å²) in [4.78, 5) is 41.8. The zero-order valence-corrected chi connectivity index (χ0v) is 21.0. The number of imidazole rings is 2. The number of hydrogen-bond donors (Lipinski definition) is 1. The number of hydrogen-bond acceptors (Lipinski definition) is 10. The normalized spacial score (nSPS) is 11.6. The average molecular weight is 504 g/mol. The monoisotopic (exact) mass is 503 g/mol. The van der Waals surface area contributed by atoms with E-state index >= 15 is 0 Å². The molecule has 1 aromatic carbocycles. The van der Waals surface area contributed by atoms with Crippen LogP contribution in [0.5, 0.6) is 0 Å². The topological polar surface area (TPSA) is 137 Å². The molecular weight excluding hydrogens is 474 g/mol. The summed E-state index contributed by atoms with van der Waals surface area (Å²) in [5.41, 5.74) is 3.57. The first kappa shape index (κ1) is 25.6. The minimum atomic E-state index is -0.360. The van der Waals surface area contributed by atoms with Gasteiger partial charge in [0.05, 0.1) is 31.0 Å². The molecule has 0 aliphatic rings. The molecule has 5 rings (SSSR count). The maximum Gasteiger partial charge on any atom is 0.338 e. The maximum atomic E-state index is 11.9. The molecule has 4 aromatic heterocycles. The number of esters is 1. The fourth-order valence-electron chi connectivity index (χ4n) is 3.64. The average Bonchev–Trinajstić information content (AvgIpc) is 3.60. The Labute approximate surface area is 213 Å². The Morgan fingerprint density at radius 1 is 1.03 bits per heavy atom. The number of H-pyrrole nitrogens is 1. The van der Waals surface area contributed by atoms with Crippen molar-refractivity contribution in [3.8, 4) is 0 Å². The van der Waals surface area contributed by atoms with Crippen LogP contribution in [0.25, 0.3) is 22.3 Å². The summed E-state index contributed by atoms with van der Waals surface area (Å²) in [5, 5.41) is 0. The number of ether oxygens (including phenoxy) is 2. The first-order chi connectivity index (χ1) is 18.1. The Morgan fingerprint density at radius 2 is 1.84 bits per heavy atom. The fourth-order valence-corrected chi connectivity index (χ4v) is 3.64. The summed E-state index contributed by atoms with van der Waals surface area (Å²) in [5.74, 6) is 0.458. The lowest BCUT2D eigenvalue weighted by atomic mass is 10.2. The molecule has 12 nitrogen and oxygen atoms in total. The van der Waals surface area contributed by atoms with Crippen LogP contribution in [0, 0.1) is 0 Å². The van der Waals surface area contributed by atoms with Crippen molar-refractivity contribution in [2.45, 2.75) is 27.0 Å². The Balaban J connectivity index is 0.000000295. The second-order valence-electron chi connectivity index (χ2n) is 7.83. The largest absolute Gasteiger partial charge is 0.460 e. The van der Waals surface area contributed by atoms with Crippen molar-refractivity contribution in [1.82, 2.24) is 39.5 Å². The second kappa shape index (κ2) is 12.5. The van der Waals surface area contributed by atoms with E-state index in [1.807, 2.05) is 17.6 Å². The summed E-state index contributed by atoms with van der Waals surface area (Å²) in [6.45, 7) is 8.19. The van der Waals surface area contributed by atoms with Crippen LogP contribution in [0.4, 0.5) is 5.82 Å². The molecule has 0 amide bonds. The predicted molar refractivity (Wildman–Crippen MR) is 138 cm³/mol. The third kappa shape index (κ3) is 6.22. The van der Waals surface area contributed by atoms with Gasteiger partial charge in [-0.25, -0.2) is 34.7 Å². The number of fused-ring (bicyclic) bond motifs is 2. The van der Waals surface area contributed by atoms with Gasteiger partial charge in [-0.05, 0) is 32.9 Å². The zero-order chi connectivity index (χ0) is 26.0. The van der Waals surface area contributed by atoms with Crippen molar-refractivity contribution >= 4 is 34.1 Å². The fraction of sp³-hybridized carbons (Fsp3) is 0.320. The lowest BCUT2D eigenvalue weighted by Crippen LogP contribution is -2.23. The second-order valence-corrected chi connectivity index (χ2v) is 7.83. The first-order valence-electron chi connectivity index (χ1n) is 12.0. The number of aromatic nitrogens is 8. The third-order valence-electron chi connectivity index (χ3n) is 5.58. The van der Waals surface area contributed by atoms with Crippen molar-refractivity contribution in [3.63, 3.8) is 0 Å². The number of anilines is 1. The SMILES string of the molecule is CCN(CC)c1ncnc2c1ncn2C(C)OCCOC(=O)c1ccccc1.c1ncc2[nH]cnc2n1. The van der Waals surface area contributed by atoms with Gasteiger partial charge in [0.2, 0.25) is 0 Å². The molecule has 1 atom stereocenters. The highest BCUT2D eigenvalue weighted by Crippen LogP contribution is 2.23. The minimum Gasteiger partial charge on any atom is -0.460 e. The van der Waals surface area contributed by atoms with Crippen LogP contribution in [0.15, 0.2) is 61.8 Å². The van der Waals surface area contributed by atoms with Gasteiger partial charge >= 0.3 is 5.97 Å². The van der Waals surface area contributed by atoms with Gasteiger partial charge in [0, 0.05) is 13.1 Å². The Kier molecular flexibility index (Phi) is 8.66. The van der Waals surface area contributed by atoms with Crippen LogP contribution in [0.3, 0.4) is 0 Å². The molecule has 0 bridgehead atoms. The van der Waals surface area contributed by atoms with Crippen LogP contribution < -0.4 is 4.90 Å². The van der Waals surface area contributed by atoms with E-state index in [4.69, 9.17) is 9.47 Å². The Morgan fingerprint density at radius 3 is 2.59 bits per heavy atom. The summed E-state index contributed by atoms with van der Waals surface area (Å²) in [6.07, 6.45) is 7.70. The molecule has 0 saturated carbocycles. The van der Waals surface area contributed by atoms with Gasteiger partial charge in [-0.1, -0.05) is 18.2 Å². The number of aromatic amines is 1. The van der Waals surface area contributed by atoms with E-state index in [1.165, 1.54) is 6.33 Å². The van der Waals surface area contributed by atoms with E-state index in [9.17, 15) is 4.79 Å². The lowest BCUT2D eigenvalue weighted by molar-refractivity contribution is -0.0127. The molecule has 0 saturated heterocycles. The quantitative estimate of drug-likeness (QED) is 0.235. The molecule has 4 heterocycles. The van der Waals surface area contributed by atoms with E-state index in [-0.39, 0.29) is 25.4 Å². The van der Waals surface area contributed by atoms with Crippen molar-refractivity contribution < 1.29 is 14.3 Å². The highest BCUT2D eigenvalue weighted by atomic mass is 16.6. The highest BCUT2D eigenvalue weighted by Gasteiger charge is 2.17. The molecular formula is C25H29N9O3. The number of carbonyl (C=O) groups is 1. The molecule has 5 aromatic rings. The molecule has 0 radical (unpaired) electrons. The number of carbonyl (C=O) groups excluding carboxylic acids is 1. The zero-order valence-electron chi connectivity index (χ0n) is 21.0. The summed E-state index contributed by atoms with van der Waals surface area (Å²) in [6, 6.07) is 8.89. The lowest BCUT2D eigenvalue weighted by Gasteiger charge is -2.20. The summed E-state index contributed by atoms with van der Waals surface area (Å²) < 4.78 is 12.9.